The second-order valence-corrected chi connectivity index (χ2v) is 9.34. The second-order valence-electron chi connectivity index (χ2n) is 7.54. The fraction of sp³-hybridized carbons (Fsp3) is 0.217. The Balaban J connectivity index is 1.52. The van der Waals surface area contributed by atoms with Gasteiger partial charge < -0.3 is 5.32 Å². The van der Waals surface area contributed by atoms with E-state index in [9.17, 15) is 17.6 Å². The highest BCUT2D eigenvalue weighted by Gasteiger charge is 2.27. The first kappa shape index (κ1) is 21.9. The number of carbonyl (C=O) groups is 1. The number of fused-ring (bicyclic) bond motifs is 1. The van der Waals surface area contributed by atoms with Crippen LogP contribution in [0.4, 0.5) is 10.1 Å². The highest BCUT2D eigenvalue weighted by atomic mass is 32.2. The highest BCUT2D eigenvalue weighted by molar-refractivity contribution is 7.88. The zero-order valence-electron chi connectivity index (χ0n) is 17.3. The van der Waals surface area contributed by atoms with Crippen LogP contribution in [-0.4, -0.2) is 30.7 Å². The van der Waals surface area contributed by atoms with Crippen molar-refractivity contribution in [3.8, 4) is 5.69 Å². The van der Waals surface area contributed by atoms with Crippen molar-refractivity contribution in [2.24, 2.45) is 0 Å². The summed E-state index contributed by atoms with van der Waals surface area (Å²) >= 11 is 0. The molecule has 0 atom stereocenters. The Labute approximate surface area is 186 Å². The van der Waals surface area contributed by atoms with E-state index in [0.29, 0.717) is 23.4 Å². The van der Waals surface area contributed by atoms with Gasteiger partial charge in [-0.15, -0.1) is 6.58 Å². The molecule has 9 heteroatoms. The second kappa shape index (κ2) is 9.05. The molecule has 32 heavy (non-hydrogen) atoms. The summed E-state index contributed by atoms with van der Waals surface area (Å²) in [7, 11) is -3.46. The lowest BCUT2D eigenvalue weighted by Gasteiger charge is -2.08. The van der Waals surface area contributed by atoms with E-state index in [-0.39, 0.29) is 23.9 Å². The van der Waals surface area contributed by atoms with E-state index in [1.165, 1.54) is 16.8 Å². The predicted molar refractivity (Wildman–Crippen MR) is 121 cm³/mol. The number of hydrogen-bond donors (Lipinski definition) is 2. The van der Waals surface area contributed by atoms with Gasteiger partial charge in [0.05, 0.1) is 5.75 Å². The van der Waals surface area contributed by atoms with Crippen LogP contribution in [0.2, 0.25) is 0 Å². The molecule has 166 valence electrons. The van der Waals surface area contributed by atoms with Gasteiger partial charge in [-0.25, -0.2) is 22.2 Å². The molecule has 1 amide bonds. The van der Waals surface area contributed by atoms with Crippen LogP contribution >= 0.6 is 0 Å². The number of nitrogens with zero attached hydrogens (tertiary/aromatic N) is 2. The van der Waals surface area contributed by atoms with E-state index < -0.39 is 15.8 Å². The Bertz CT molecular complexity index is 1270. The average molecular weight is 455 g/mol. The third-order valence-electron chi connectivity index (χ3n) is 5.24. The number of halogens is 1. The molecule has 7 nitrogen and oxygen atoms in total. The molecule has 4 rings (SSSR count). The van der Waals surface area contributed by atoms with Crippen LogP contribution in [0.1, 0.15) is 33.7 Å². The standard InChI is InChI=1S/C23H23FN4O3S/c1-2-14-25-32(30,31)15-16-10-12-17(13-11-16)26-23(29)22-18-6-5-9-20(18)28(27-22)21-8-4-3-7-19(21)24/h2-4,7-8,10-13,25H,1,5-6,9,14-15H2,(H,26,29). The van der Waals surface area contributed by atoms with E-state index in [1.807, 2.05) is 0 Å². The van der Waals surface area contributed by atoms with Gasteiger partial charge in [0, 0.05) is 23.5 Å². The number of carbonyl (C=O) groups excluding carboxylic acids is 1. The average Bonchev–Trinajstić information content (AvgIpc) is 3.37. The Morgan fingerprint density at radius 2 is 1.91 bits per heavy atom. The van der Waals surface area contributed by atoms with E-state index in [2.05, 4.69) is 21.7 Å². The van der Waals surface area contributed by atoms with Crippen molar-refractivity contribution in [1.82, 2.24) is 14.5 Å². The lowest BCUT2D eigenvalue weighted by molar-refractivity contribution is 0.102. The molecule has 2 N–H and O–H groups in total. The van der Waals surface area contributed by atoms with Gasteiger partial charge in [-0.2, -0.15) is 5.10 Å². The molecule has 0 fully saturated rings. The number of aromatic nitrogens is 2. The van der Waals surface area contributed by atoms with Crippen LogP contribution < -0.4 is 10.0 Å². The summed E-state index contributed by atoms with van der Waals surface area (Å²) in [6.45, 7) is 3.65. The fourth-order valence-electron chi connectivity index (χ4n) is 3.77. The van der Waals surface area contributed by atoms with Gasteiger partial charge in [0.2, 0.25) is 10.0 Å². The van der Waals surface area contributed by atoms with Crippen molar-refractivity contribution in [3.05, 3.63) is 89.5 Å². The van der Waals surface area contributed by atoms with Crippen molar-refractivity contribution >= 4 is 21.6 Å². The molecule has 0 bridgehead atoms. The molecule has 1 aliphatic carbocycles. The van der Waals surface area contributed by atoms with Gasteiger partial charge in [0.15, 0.2) is 5.69 Å². The number of nitrogens with one attached hydrogen (secondary N) is 2. The minimum atomic E-state index is -3.46. The summed E-state index contributed by atoms with van der Waals surface area (Å²) in [6, 6.07) is 12.9. The Morgan fingerprint density at radius 1 is 1.16 bits per heavy atom. The first-order valence-corrected chi connectivity index (χ1v) is 11.9. The molecule has 0 unspecified atom stereocenters. The van der Waals surface area contributed by atoms with Gasteiger partial charge in [-0.3, -0.25) is 4.79 Å². The first-order chi connectivity index (χ1) is 15.4. The topological polar surface area (TPSA) is 93.1 Å². The lowest BCUT2D eigenvalue weighted by atomic mass is 10.2. The summed E-state index contributed by atoms with van der Waals surface area (Å²) < 4.78 is 42.2. The predicted octanol–water partition coefficient (Wildman–Crippen LogP) is 3.36. The van der Waals surface area contributed by atoms with E-state index in [0.717, 1.165) is 24.1 Å². The van der Waals surface area contributed by atoms with Gasteiger partial charge in [0.1, 0.15) is 11.5 Å². The number of rotatable bonds is 8. The number of para-hydroxylation sites is 1. The third-order valence-corrected chi connectivity index (χ3v) is 6.56. The molecule has 0 saturated heterocycles. The summed E-state index contributed by atoms with van der Waals surface area (Å²) in [4.78, 5) is 12.9. The molecule has 0 spiro atoms. The Kier molecular flexibility index (Phi) is 6.20. The number of sulfonamides is 1. The molecule has 3 aromatic rings. The molecular weight excluding hydrogens is 431 g/mol. The Morgan fingerprint density at radius 3 is 2.62 bits per heavy atom. The van der Waals surface area contributed by atoms with E-state index in [4.69, 9.17) is 0 Å². The summed E-state index contributed by atoms with van der Waals surface area (Å²) in [6.07, 6.45) is 3.79. The molecule has 1 aliphatic rings. The number of anilines is 1. The maximum atomic E-state index is 14.3. The van der Waals surface area contributed by atoms with Gasteiger partial charge in [0.25, 0.3) is 5.91 Å². The van der Waals surface area contributed by atoms with Crippen LogP contribution in [0.5, 0.6) is 0 Å². The largest absolute Gasteiger partial charge is 0.321 e. The van der Waals surface area contributed by atoms with Crippen molar-refractivity contribution in [1.29, 1.82) is 0 Å². The van der Waals surface area contributed by atoms with Gasteiger partial charge >= 0.3 is 0 Å². The minimum Gasteiger partial charge on any atom is -0.321 e. The molecule has 1 aromatic heterocycles. The number of benzene rings is 2. The SMILES string of the molecule is C=CCNS(=O)(=O)Cc1ccc(NC(=O)c2nn(-c3ccccc3F)c3c2CCC3)cc1. The van der Waals surface area contributed by atoms with Crippen molar-refractivity contribution < 1.29 is 17.6 Å². The Hall–Kier alpha value is -3.30. The zero-order valence-corrected chi connectivity index (χ0v) is 18.2. The van der Waals surface area contributed by atoms with Crippen LogP contribution in [0.15, 0.2) is 61.2 Å². The normalized spacial score (nSPS) is 13.0. The van der Waals surface area contributed by atoms with Crippen LogP contribution in [0.25, 0.3) is 5.69 Å². The molecular formula is C23H23FN4O3S. The molecule has 2 aromatic carbocycles. The summed E-state index contributed by atoms with van der Waals surface area (Å²) in [5, 5.41) is 7.23. The highest BCUT2D eigenvalue weighted by Crippen LogP contribution is 2.29. The minimum absolute atomic E-state index is 0.167. The number of hydrogen-bond acceptors (Lipinski definition) is 4. The van der Waals surface area contributed by atoms with Gasteiger partial charge in [-0.1, -0.05) is 30.3 Å². The summed E-state index contributed by atoms with van der Waals surface area (Å²) in [5.41, 5.74) is 3.39. The van der Waals surface area contributed by atoms with Crippen molar-refractivity contribution in [2.45, 2.75) is 25.0 Å². The maximum absolute atomic E-state index is 14.3. The number of amides is 1. The van der Waals surface area contributed by atoms with E-state index >= 15 is 0 Å². The van der Waals surface area contributed by atoms with Crippen LogP contribution in [0.3, 0.4) is 0 Å². The van der Waals surface area contributed by atoms with Crippen molar-refractivity contribution in [3.63, 3.8) is 0 Å². The van der Waals surface area contributed by atoms with Crippen LogP contribution in [-0.2, 0) is 28.6 Å². The van der Waals surface area contributed by atoms with Crippen molar-refractivity contribution in [2.75, 3.05) is 11.9 Å². The lowest BCUT2D eigenvalue weighted by Crippen LogP contribution is -2.25. The van der Waals surface area contributed by atoms with Gasteiger partial charge in [-0.05, 0) is 49.1 Å². The quantitative estimate of drug-likeness (QED) is 0.511. The maximum Gasteiger partial charge on any atom is 0.276 e. The zero-order chi connectivity index (χ0) is 22.7. The molecule has 0 radical (unpaired) electrons. The summed E-state index contributed by atoms with van der Waals surface area (Å²) in [5.74, 6) is -0.952. The fourth-order valence-corrected chi connectivity index (χ4v) is 4.88. The first-order valence-electron chi connectivity index (χ1n) is 10.2. The van der Waals surface area contributed by atoms with Crippen LogP contribution in [0, 0.1) is 5.82 Å². The monoisotopic (exact) mass is 454 g/mol. The molecule has 0 saturated carbocycles. The third kappa shape index (κ3) is 4.63. The molecule has 1 heterocycles. The smallest absolute Gasteiger partial charge is 0.276 e. The van der Waals surface area contributed by atoms with E-state index in [1.54, 1.807) is 42.5 Å². The molecule has 0 aliphatic heterocycles.